The summed E-state index contributed by atoms with van der Waals surface area (Å²) in [7, 11) is 1.19. The van der Waals surface area contributed by atoms with E-state index in [1.165, 1.54) is 7.11 Å². The normalized spacial score (nSPS) is 11.9. The molecule has 8 nitrogen and oxygen atoms in total. The van der Waals surface area contributed by atoms with Crippen LogP contribution in [0.1, 0.15) is 11.6 Å². The summed E-state index contributed by atoms with van der Waals surface area (Å²) in [6.45, 7) is 0. The lowest BCUT2D eigenvalue weighted by atomic mass is 10.1. The molecule has 0 unspecified atom stereocenters. The molecule has 0 saturated heterocycles. The molecule has 0 bridgehead atoms. The molecule has 8 heteroatoms. The molecule has 92 valence electrons. The zero-order valence-corrected chi connectivity index (χ0v) is 8.78. The highest BCUT2D eigenvalue weighted by Gasteiger charge is 2.24. The van der Waals surface area contributed by atoms with Gasteiger partial charge in [0, 0.05) is 11.6 Å². The smallest absolute Gasteiger partial charge is 0.325 e. The second-order valence-electron chi connectivity index (χ2n) is 3.16. The molecule has 1 rings (SSSR count). The summed E-state index contributed by atoms with van der Waals surface area (Å²) in [4.78, 5) is 20.6. The first kappa shape index (κ1) is 12.7. The van der Waals surface area contributed by atoms with Crippen molar-refractivity contribution in [3.8, 4) is 11.5 Å². The highest BCUT2D eigenvalue weighted by molar-refractivity contribution is 5.77. The van der Waals surface area contributed by atoms with E-state index in [1.54, 1.807) is 0 Å². The Balaban J connectivity index is 3.42. The number of methoxy groups -OCH3 is 1. The predicted molar refractivity (Wildman–Crippen MR) is 55.9 cm³/mol. The van der Waals surface area contributed by atoms with Crippen LogP contribution >= 0.6 is 0 Å². The van der Waals surface area contributed by atoms with E-state index in [4.69, 9.17) is 15.6 Å². The molecule has 1 aromatic rings. The number of nitro benzene ring substituents is 1. The van der Waals surface area contributed by atoms with Crippen LogP contribution in [-0.2, 0) is 4.79 Å². The van der Waals surface area contributed by atoms with Gasteiger partial charge in [0.25, 0.3) is 5.69 Å². The minimum Gasteiger partial charge on any atom is -0.504 e. The molecular weight excluding hydrogens is 232 g/mol. The van der Waals surface area contributed by atoms with Gasteiger partial charge in [0.1, 0.15) is 6.04 Å². The first-order valence-electron chi connectivity index (χ1n) is 4.42. The number of non-ortho nitro benzene ring substituents is 1. The fraction of sp³-hybridized carbons (Fsp3) is 0.222. The largest absolute Gasteiger partial charge is 0.504 e. The van der Waals surface area contributed by atoms with Crippen LogP contribution in [0.4, 0.5) is 5.69 Å². The third kappa shape index (κ3) is 2.42. The Kier molecular flexibility index (Phi) is 3.49. The van der Waals surface area contributed by atoms with Crippen molar-refractivity contribution in [3.63, 3.8) is 0 Å². The van der Waals surface area contributed by atoms with E-state index in [1.807, 2.05) is 0 Å². The molecule has 0 aliphatic carbocycles. The Morgan fingerprint density at radius 1 is 1.59 bits per heavy atom. The van der Waals surface area contributed by atoms with Crippen LogP contribution < -0.4 is 10.5 Å². The summed E-state index contributed by atoms with van der Waals surface area (Å²) >= 11 is 0. The van der Waals surface area contributed by atoms with Crippen LogP contribution in [-0.4, -0.2) is 28.2 Å². The molecule has 1 aromatic carbocycles. The van der Waals surface area contributed by atoms with Crippen molar-refractivity contribution in [2.24, 2.45) is 5.73 Å². The van der Waals surface area contributed by atoms with Gasteiger partial charge in [-0.2, -0.15) is 0 Å². The highest BCUT2D eigenvalue weighted by atomic mass is 16.6. The molecule has 0 saturated carbocycles. The number of hydrogen-bond acceptors (Lipinski definition) is 6. The Labute approximate surface area is 95.4 Å². The van der Waals surface area contributed by atoms with Crippen molar-refractivity contribution in [1.82, 2.24) is 0 Å². The Bertz CT molecular complexity index is 473. The quantitative estimate of drug-likeness (QED) is 0.513. The number of rotatable bonds is 4. The minimum atomic E-state index is -1.57. The number of nitro groups is 1. The van der Waals surface area contributed by atoms with Gasteiger partial charge in [-0.1, -0.05) is 0 Å². The number of ether oxygens (including phenoxy) is 1. The number of nitrogens with zero attached hydrogens (tertiary/aromatic N) is 1. The van der Waals surface area contributed by atoms with Crippen LogP contribution in [0.2, 0.25) is 0 Å². The Morgan fingerprint density at radius 3 is 2.59 bits per heavy atom. The van der Waals surface area contributed by atoms with E-state index in [9.17, 15) is 20.0 Å². The molecule has 0 fully saturated rings. The lowest BCUT2D eigenvalue weighted by Gasteiger charge is -2.11. The summed E-state index contributed by atoms with van der Waals surface area (Å²) in [5.74, 6) is -2.14. The monoisotopic (exact) mass is 242 g/mol. The van der Waals surface area contributed by atoms with Gasteiger partial charge >= 0.3 is 5.97 Å². The van der Waals surface area contributed by atoms with Gasteiger partial charge in [0.05, 0.1) is 18.1 Å². The number of phenolic OH excluding ortho intramolecular Hbond substituents is 1. The second-order valence-corrected chi connectivity index (χ2v) is 3.16. The van der Waals surface area contributed by atoms with Crippen molar-refractivity contribution in [3.05, 3.63) is 27.8 Å². The molecule has 0 amide bonds. The number of benzene rings is 1. The van der Waals surface area contributed by atoms with E-state index in [0.29, 0.717) is 0 Å². The van der Waals surface area contributed by atoms with Crippen molar-refractivity contribution in [1.29, 1.82) is 0 Å². The molecule has 4 N–H and O–H groups in total. The van der Waals surface area contributed by atoms with Crippen molar-refractivity contribution < 1.29 is 24.7 Å². The summed E-state index contributed by atoms with van der Waals surface area (Å²) in [5, 5.41) is 28.9. The maximum Gasteiger partial charge on any atom is 0.325 e. The number of carbonyl (C=O) groups is 1. The number of aliphatic carboxylic acids is 1. The van der Waals surface area contributed by atoms with Gasteiger partial charge in [-0.25, -0.2) is 0 Å². The summed E-state index contributed by atoms with van der Waals surface area (Å²) in [5.41, 5.74) is 4.61. The number of aromatic hydroxyl groups is 1. The maximum atomic E-state index is 10.7. The highest BCUT2D eigenvalue weighted by Crippen LogP contribution is 2.37. The third-order valence-corrected chi connectivity index (χ3v) is 2.12. The molecule has 0 aliphatic rings. The van der Waals surface area contributed by atoms with Gasteiger partial charge in [0.15, 0.2) is 11.5 Å². The molecular formula is C9H10N2O6. The predicted octanol–water partition coefficient (Wildman–Crippen LogP) is 0.393. The van der Waals surface area contributed by atoms with Crippen molar-refractivity contribution >= 4 is 11.7 Å². The molecule has 0 heterocycles. The van der Waals surface area contributed by atoms with Crippen LogP contribution in [0, 0.1) is 10.1 Å². The van der Waals surface area contributed by atoms with Gasteiger partial charge in [-0.3, -0.25) is 14.9 Å². The van der Waals surface area contributed by atoms with E-state index in [0.717, 1.165) is 12.1 Å². The molecule has 0 spiro atoms. The van der Waals surface area contributed by atoms with Crippen LogP contribution in [0.5, 0.6) is 11.5 Å². The molecule has 17 heavy (non-hydrogen) atoms. The topological polar surface area (TPSA) is 136 Å². The molecule has 1 atom stereocenters. The fourth-order valence-electron chi connectivity index (χ4n) is 1.25. The first-order chi connectivity index (χ1) is 7.88. The Morgan fingerprint density at radius 2 is 2.18 bits per heavy atom. The van der Waals surface area contributed by atoms with Gasteiger partial charge < -0.3 is 20.7 Å². The van der Waals surface area contributed by atoms with Crippen LogP contribution in [0.25, 0.3) is 0 Å². The zero-order chi connectivity index (χ0) is 13.2. The number of phenols is 1. The van der Waals surface area contributed by atoms with E-state index < -0.39 is 28.4 Å². The number of carboxylic acids is 1. The van der Waals surface area contributed by atoms with Gasteiger partial charge in [-0.05, 0) is 0 Å². The molecule has 0 aromatic heterocycles. The SMILES string of the molecule is COc1cc([N+](=O)[O-])cc([C@@H](N)C(=O)O)c1O. The lowest BCUT2D eigenvalue weighted by molar-refractivity contribution is -0.385. The molecule has 0 radical (unpaired) electrons. The second kappa shape index (κ2) is 4.66. The summed E-state index contributed by atoms with van der Waals surface area (Å²) in [6, 6.07) is 0.313. The van der Waals surface area contributed by atoms with Gasteiger partial charge in [0.2, 0.25) is 0 Å². The van der Waals surface area contributed by atoms with Crippen molar-refractivity contribution in [2.75, 3.05) is 7.11 Å². The minimum absolute atomic E-state index is 0.203. The average Bonchev–Trinajstić information content (AvgIpc) is 2.27. The lowest BCUT2D eigenvalue weighted by Crippen LogP contribution is -2.21. The van der Waals surface area contributed by atoms with E-state index in [2.05, 4.69) is 0 Å². The maximum absolute atomic E-state index is 10.7. The van der Waals surface area contributed by atoms with Crippen molar-refractivity contribution in [2.45, 2.75) is 6.04 Å². The Hall–Kier alpha value is -2.35. The number of nitrogens with two attached hydrogens (primary N) is 1. The zero-order valence-electron chi connectivity index (χ0n) is 8.78. The standard InChI is InChI=1S/C9H10N2O6/c1-17-6-3-4(11(15)16)2-5(8(6)12)7(10)9(13)14/h2-3,7,12H,10H2,1H3,(H,13,14)/t7-/m1/s1. The summed E-state index contributed by atoms with van der Waals surface area (Å²) in [6.07, 6.45) is 0. The van der Waals surface area contributed by atoms with E-state index in [-0.39, 0.29) is 11.3 Å². The van der Waals surface area contributed by atoms with E-state index >= 15 is 0 Å². The van der Waals surface area contributed by atoms with Gasteiger partial charge in [-0.15, -0.1) is 0 Å². The first-order valence-corrected chi connectivity index (χ1v) is 4.42. The third-order valence-electron chi connectivity index (χ3n) is 2.12. The number of carboxylic acid groups (broad SMARTS) is 1. The number of hydrogen-bond donors (Lipinski definition) is 3. The molecule has 0 aliphatic heterocycles. The summed E-state index contributed by atoms with van der Waals surface area (Å²) < 4.78 is 4.70. The van der Waals surface area contributed by atoms with Crippen LogP contribution in [0.15, 0.2) is 12.1 Å². The van der Waals surface area contributed by atoms with Crippen LogP contribution in [0.3, 0.4) is 0 Å². The fourth-order valence-corrected chi connectivity index (χ4v) is 1.25. The average molecular weight is 242 g/mol.